The lowest BCUT2D eigenvalue weighted by Crippen LogP contribution is -2.55. The van der Waals surface area contributed by atoms with Gasteiger partial charge >= 0.3 is 5.97 Å². The lowest BCUT2D eigenvalue weighted by molar-refractivity contribution is -0.144. The van der Waals surface area contributed by atoms with Crippen molar-refractivity contribution in [1.29, 1.82) is 0 Å². The van der Waals surface area contributed by atoms with Crippen molar-refractivity contribution in [3.8, 4) is 5.75 Å². The topological polar surface area (TPSA) is 95.9 Å². The van der Waals surface area contributed by atoms with Crippen LogP contribution in [0.2, 0.25) is 0 Å². The molecule has 1 aliphatic heterocycles. The summed E-state index contributed by atoms with van der Waals surface area (Å²) in [6.07, 6.45) is 2.91. The van der Waals surface area contributed by atoms with E-state index in [4.69, 9.17) is 4.74 Å². The molecule has 0 amide bonds. The molecule has 0 aromatic heterocycles. The first-order valence-electron chi connectivity index (χ1n) is 11.5. The first-order chi connectivity index (χ1) is 16.3. The van der Waals surface area contributed by atoms with Gasteiger partial charge < -0.3 is 9.84 Å². The third kappa shape index (κ3) is 5.75. The Bertz CT molecular complexity index is 1240. The normalized spacial score (nSPS) is 16.7. The second kappa shape index (κ2) is 10.5. The van der Waals surface area contributed by atoms with Crippen LogP contribution in [0.3, 0.4) is 0 Å². The monoisotopic (exact) mass is 482 g/mol. The largest absolute Gasteiger partial charge is 0.489 e. The third-order valence-electron chi connectivity index (χ3n) is 6.21. The third-order valence-corrected chi connectivity index (χ3v) is 7.78. The van der Waals surface area contributed by atoms with Crippen LogP contribution in [0.25, 0.3) is 10.8 Å². The summed E-state index contributed by atoms with van der Waals surface area (Å²) in [6.45, 7) is 3.28. The molecule has 4 rings (SSSR count). The van der Waals surface area contributed by atoms with E-state index in [1.807, 2.05) is 35.2 Å². The number of carbonyl (C=O) groups is 1. The van der Waals surface area contributed by atoms with Crippen LogP contribution in [-0.4, -0.2) is 49.6 Å². The summed E-state index contributed by atoms with van der Waals surface area (Å²) in [7, 11) is -3.88. The van der Waals surface area contributed by atoms with E-state index in [1.165, 1.54) is 12.1 Å². The highest BCUT2D eigenvalue weighted by Crippen LogP contribution is 2.21. The summed E-state index contributed by atoms with van der Waals surface area (Å²) in [5.74, 6) is -0.466. The molecule has 2 N–H and O–H groups in total. The number of benzene rings is 3. The number of hydrogen-bond acceptors (Lipinski definition) is 5. The number of nitrogens with zero attached hydrogens (tertiary/aromatic N) is 1. The molecule has 7 nitrogen and oxygen atoms in total. The lowest BCUT2D eigenvalue weighted by Gasteiger charge is -2.35. The highest BCUT2D eigenvalue weighted by atomic mass is 32.2. The molecule has 0 spiro atoms. The minimum atomic E-state index is -3.88. The summed E-state index contributed by atoms with van der Waals surface area (Å²) < 4.78 is 34.2. The van der Waals surface area contributed by atoms with Gasteiger partial charge in [-0.3, -0.25) is 9.69 Å². The van der Waals surface area contributed by atoms with Crippen LogP contribution in [-0.2, 0) is 21.4 Å². The van der Waals surface area contributed by atoms with Crippen LogP contribution >= 0.6 is 0 Å². The molecule has 180 valence electrons. The predicted octanol–water partition coefficient (Wildman–Crippen LogP) is 4.02. The summed E-state index contributed by atoms with van der Waals surface area (Å²) in [4.78, 5) is 13.8. The molecular formula is C26H30N2O5S. The number of ether oxygens (including phenoxy) is 1. The fourth-order valence-corrected chi connectivity index (χ4v) is 5.72. The molecule has 0 bridgehead atoms. The van der Waals surface area contributed by atoms with Crippen molar-refractivity contribution in [1.82, 2.24) is 9.62 Å². The Morgan fingerprint density at radius 3 is 2.35 bits per heavy atom. The maximum Gasteiger partial charge on any atom is 0.322 e. The molecule has 3 aromatic carbocycles. The van der Waals surface area contributed by atoms with Gasteiger partial charge in [-0.05, 0) is 79.5 Å². The molecule has 0 radical (unpaired) electrons. The van der Waals surface area contributed by atoms with Crippen LogP contribution in [0, 0.1) is 0 Å². The molecule has 1 heterocycles. The van der Waals surface area contributed by atoms with Crippen LogP contribution in [0.5, 0.6) is 5.75 Å². The fourth-order valence-electron chi connectivity index (χ4n) is 4.47. The van der Waals surface area contributed by atoms with Crippen molar-refractivity contribution in [2.24, 2.45) is 0 Å². The Kier molecular flexibility index (Phi) is 7.50. The second-order valence-electron chi connectivity index (χ2n) is 8.73. The van der Waals surface area contributed by atoms with E-state index in [-0.39, 0.29) is 4.90 Å². The number of fused-ring (bicyclic) bond motifs is 1. The maximum atomic E-state index is 12.9. The smallest absolute Gasteiger partial charge is 0.322 e. The number of hydrogen-bond donors (Lipinski definition) is 2. The minimum absolute atomic E-state index is 0.0696. The Balaban J connectivity index is 1.39. The van der Waals surface area contributed by atoms with E-state index < -0.39 is 28.1 Å². The summed E-state index contributed by atoms with van der Waals surface area (Å²) >= 11 is 0. The van der Waals surface area contributed by atoms with Gasteiger partial charge in [-0.2, -0.15) is 0 Å². The molecule has 8 heteroatoms. The van der Waals surface area contributed by atoms with Crippen molar-refractivity contribution >= 4 is 26.8 Å². The molecule has 1 saturated heterocycles. The minimum Gasteiger partial charge on any atom is -0.489 e. The van der Waals surface area contributed by atoms with Gasteiger partial charge in [0.1, 0.15) is 18.4 Å². The average molecular weight is 483 g/mol. The summed E-state index contributed by atoms with van der Waals surface area (Å²) in [6, 6.07) is 18.7. The van der Waals surface area contributed by atoms with Gasteiger partial charge in [0.15, 0.2) is 0 Å². The van der Waals surface area contributed by atoms with Crippen molar-refractivity contribution in [3.05, 3.63) is 72.3 Å². The van der Waals surface area contributed by atoms with Crippen LogP contribution in [0.15, 0.2) is 71.6 Å². The van der Waals surface area contributed by atoms with Gasteiger partial charge in [-0.1, -0.05) is 42.8 Å². The van der Waals surface area contributed by atoms with Gasteiger partial charge in [0.05, 0.1) is 4.90 Å². The van der Waals surface area contributed by atoms with E-state index in [0.717, 1.165) is 35.6 Å². The number of aliphatic carboxylic acids is 1. The van der Waals surface area contributed by atoms with E-state index in [2.05, 4.69) is 16.9 Å². The van der Waals surface area contributed by atoms with Gasteiger partial charge in [0.25, 0.3) is 0 Å². The van der Waals surface area contributed by atoms with Gasteiger partial charge in [0.2, 0.25) is 10.0 Å². The highest BCUT2D eigenvalue weighted by Gasteiger charge is 2.34. The standard InChI is InChI=1S/C26H30N2O5S/c1-19(25(26(29)30)28-15-5-2-6-16-28)27-34(31,32)24-13-11-23(12-14-24)33-18-20-9-10-21-7-3-4-8-22(21)17-20/h3-4,7-14,17,19,25,27H,2,5-6,15-16,18H2,1H3,(H,29,30). The molecule has 2 atom stereocenters. The van der Waals surface area contributed by atoms with Gasteiger partial charge in [-0.25, -0.2) is 13.1 Å². The van der Waals surface area contributed by atoms with Crippen LogP contribution in [0.1, 0.15) is 31.7 Å². The predicted molar refractivity (Wildman–Crippen MR) is 131 cm³/mol. The molecule has 0 saturated carbocycles. The maximum absolute atomic E-state index is 12.9. The first kappa shape index (κ1) is 24.2. The first-order valence-corrected chi connectivity index (χ1v) is 13.0. The Hall–Kier alpha value is -2.94. The second-order valence-corrected chi connectivity index (χ2v) is 10.4. The number of carboxylic acid groups (broad SMARTS) is 1. The Labute approximate surface area is 200 Å². The van der Waals surface area contributed by atoms with E-state index in [1.54, 1.807) is 19.1 Å². The van der Waals surface area contributed by atoms with E-state index >= 15 is 0 Å². The Morgan fingerprint density at radius 2 is 1.68 bits per heavy atom. The quantitative estimate of drug-likeness (QED) is 0.478. The molecule has 0 aliphatic carbocycles. The highest BCUT2D eigenvalue weighted by molar-refractivity contribution is 7.89. The molecule has 3 aromatic rings. The molecular weight excluding hydrogens is 452 g/mol. The zero-order valence-corrected chi connectivity index (χ0v) is 20.0. The van der Waals surface area contributed by atoms with Gasteiger partial charge in [-0.15, -0.1) is 0 Å². The zero-order valence-electron chi connectivity index (χ0n) is 19.2. The Morgan fingerprint density at radius 1 is 1.00 bits per heavy atom. The number of rotatable bonds is 9. The summed E-state index contributed by atoms with van der Waals surface area (Å²) in [5, 5.41) is 12.0. The van der Waals surface area contributed by atoms with E-state index in [0.29, 0.717) is 25.4 Å². The molecule has 34 heavy (non-hydrogen) atoms. The fraction of sp³-hybridized carbons (Fsp3) is 0.346. The van der Waals surface area contributed by atoms with Crippen molar-refractivity contribution in [3.63, 3.8) is 0 Å². The number of likely N-dealkylation sites (tertiary alicyclic amines) is 1. The summed E-state index contributed by atoms with van der Waals surface area (Å²) in [5.41, 5.74) is 1.02. The van der Waals surface area contributed by atoms with Crippen molar-refractivity contribution in [2.45, 2.75) is 49.8 Å². The molecule has 2 unspecified atom stereocenters. The van der Waals surface area contributed by atoms with Crippen molar-refractivity contribution < 1.29 is 23.1 Å². The number of sulfonamides is 1. The van der Waals surface area contributed by atoms with E-state index in [9.17, 15) is 18.3 Å². The number of piperidine rings is 1. The van der Waals surface area contributed by atoms with Crippen LogP contribution in [0.4, 0.5) is 0 Å². The number of carboxylic acids is 1. The van der Waals surface area contributed by atoms with Gasteiger partial charge in [0, 0.05) is 6.04 Å². The average Bonchev–Trinajstić information content (AvgIpc) is 2.83. The number of nitrogens with one attached hydrogen (secondary N) is 1. The van der Waals surface area contributed by atoms with Crippen molar-refractivity contribution in [2.75, 3.05) is 13.1 Å². The molecule has 1 aliphatic rings. The molecule has 1 fully saturated rings. The van der Waals surface area contributed by atoms with Crippen LogP contribution < -0.4 is 9.46 Å². The SMILES string of the molecule is CC(NS(=O)(=O)c1ccc(OCc2ccc3ccccc3c2)cc1)C(C(=O)O)N1CCCCC1. The lowest BCUT2D eigenvalue weighted by atomic mass is 10.0. The zero-order chi connectivity index (χ0) is 24.1.